The van der Waals surface area contributed by atoms with Gasteiger partial charge in [-0.3, -0.25) is 0 Å². The molecule has 1 heterocycles. The Kier molecular flexibility index (Phi) is 5.11. The second-order valence-electron chi connectivity index (χ2n) is 5.34. The lowest BCUT2D eigenvalue weighted by Crippen LogP contribution is -2.46. The Morgan fingerprint density at radius 1 is 1.53 bits per heavy atom. The Bertz CT molecular complexity index is 426. The SMILES string of the molecule is CC(NCC(C)(O)CN(C)C)c1ccc(C(=O)O)o1. The number of nitrogens with one attached hydrogen (secondary N) is 1. The number of aliphatic hydroxyl groups is 1. The number of nitrogens with zero attached hydrogens (tertiary/aromatic N) is 1. The zero-order valence-electron chi connectivity index (χ0n) is 11.8. The fourth-order valence-corrected chi connectivity index (χ4v) is 1.91. The minimum Gasteiger partial charge on any atom is -0.475 e. The van der Waals surface area contributed by atoms with Crippen LogP contribution >= 0.6 is 0 Å². The van der Waals surface area contributed by atoms with Crippen LogP contribution in [-0.4, -0.2) is 53.9 Å². The zero-order valence-corrected chi connectivity index (χ0v) is 11.8. The predicted octanol–water partition coefficient (Wildman–Crippen LogP) is 0.941. The number of aromatic carboxylic acids is 1. The molecule has 108 valence electrons. The number of carboxylic acids is 1. The van der Waals surface area contributed by atoms with E-state index in [2.05, 4.69) is 5.32 Å². The zero-order chi connectivity index (χ0) is 14.6. The molecular formula is C13H22N2O4. The van der Waals surface area contributed by atoms with Gasteiger partial charge in [0.05, 0.1) is 11.6 Å². The fraction of sp³-hybridized carbons (Fsp3) is 0.615. The molecule has 3 N–H and O–H groups in total. The van der Waals surface area contributed by atoms with E-state index >= 15 is 0 Å². The van der Waals surface area contributed by atoms with Gasteiger partial charge in [0, 0.05) is 13.1 Å². The maximum absolute atomic E-state index is 10.7. The first-order chi connectivity index (χ1) is 8.71. The molecule has 1 aromatic heterocycles. The third kappa shape index (κ3) is 5.02. The van der Waals surface area contributed by atoms with Gasteiger partial charge in [-0.1, -0.05) is 0 Å². The summed E-state index contributed by atoms with van der Waals surface area (Å²) in [5, 5.41) is 22.1. The van der Waals surface area contributed by atoms with Gasteiger partial charge in [0.25, 0.3) is 0 Å². The predicted molar refractivity (Wildman–Crippen MR) is 71.3 cm³/mol. The number of furan rings is 1. The van der Waals surface area contributed by atoms with Gasteiger partial charge < -0.3 is 24.8 Å². The first kappa shape index (κ1) is 15.7. The summed E-state index contributed by atoms with van der Waals surface area (Å²) in [7, 11) is 3.78. The summed E-state index contributed by atoms with van der Waals surface area (Å²) < 4.78 is 5.20. The van der Waals surface area contributed by atoms with E-state index < -0.39 is 11.6 Å². The lowest BCUT2D eigenvalue weighted by Gasteiger charge is -2.28. The molecule has 2 unspecified atom stereocenters. The number of carboxylic acid groups (broad SMARTS) is 1. The molecule has 0 saturated heterocycles. The highest BCUT2D eigenvalue weighted by molar-refractivity contribution is 5.84. The van der Waals surface area contributed by atoms with Crippen LogP contribution in [0, 0.1) is 0 Å². The van der Waals surface area contributed by atoms with Gasteiger partial charge in [-0.25, -0.2) is 4.79 Å². The molecule has 2 atom stereocenters. The van der Waals surface area contributed by atoms with Gasteiger partial charge in [0.2, 0.25) is 5.76 Å². The van der Waals surface area contributed by atoms with Gasteiger partial charge in [0.1, 0.15) is 5.76 Å². The molecule has 0 aliphatic heterocycles. The summed E-state index contributed by atoms with van der Waals surface area (Å²) >= 11 is 0. The number of likely N-dealkylation sites (N-methyl/N-ethyl adjacent to an activating group) is 1. The highest BCUT2D eigenvalue weighted by atomic mass is 16.4. The van der Waals surface area contributed by atoms with Crippen molar-refractivity contribution >= 4 is 5.97 Å². The van der Waals surface area contributed by atoms with Crippen molar-refractivity contribution < 1.29 is 19.4 Å². The third-order valence-corrected chi connectivity index (χ3v) is 2.71. The largest absolute Gasteiger partial charge is 0.475 e. The molecule has 0 aliphatic rings. The quantitative estimate of drug-likeness (QED) is 0.683. The second kappa shape index (κ2) is 6.18. The maximum Gasteiger partial charge on any atom is 0.371 e. The minimum absolute atomic E-state index is 0.0799. The van der Waals surface area contributed by atoms with Crippen LogP contribution in [0.3, 0.4) is 0 Å². The molecule has 0 aliphatic carbocycles. The highest BCUT2D eigenvalue weighted by Gasteiger charge is 2.23. The Balaban J connectivity index is 2.54. The molecular weight excluding hydrogens is 248 g/mol. The topological polar surface area (TPSA) is 85.9 Å². The molecule has 6 heteroatoms. The van der Waals surface area contributed by atoms with Gasteiger partial charge in [-0.05, 0) is 40.1 Å². The maximum atomic E-state index is 10.7. The number of carbonyl (C=O) groups is 1. The molecule has 0 bridgehead atoms. The molecule has 0 fully saturated rings. The number of hydrogen-bond donors (Lipinski definition) is 3. The molecule has 1 aromatic rings. The standard InChI is InChI=1S/C13H22N2O4/c1-9(10-5-6-11(19-10)12(16)17)14-7-13(2,18)8-15(3)4/h5-6,9,14,18H,7-8H2,1-4H3,(H,16,17). The first-order valence-corrected chi connectivity index (χ1v) is 6.15. The van der Waals surface area contributed by atoms with Crippen LogP contribution in [0.2, 0.25) is 0 Å². The summed E-state index contributed by atoms with van der Waals surface area (Å²) in [5.74, 6) is -0.625. The lowest BCUT2D eigenvalue weighted by atomic mass is 10.1. The van der Waals surface area contributed by atoms with E-state index in [0.717, 1.165) is 0 Å². The van der Waals surface area contributed by atoms with Crippen molar-refractivity contribution in [2.24, 2.45) is 0 Å². The van der Waals surface area contributed by atoms with E-state index in [9.17, 15) is 9.90 Å². The van der Waals surface area contributed by atoms with E-state index in [1.807, 2.05) is 25.9 Å². The molecule has 0 aromatic carbocycles. The van der Waals surface area contributed by atoms with Crippen LogP contribution in [0.25, 0.3) is 0 Å². The van der Waals surface area contributed by atoms with Crippen molar-refractivity contribution in [1.29, 1.82) is 0 Å². The number of rotatable bonds is 7. The Morgan fingerprint density at radius 3 is 2.63 bits per heavy atom. The normalized spacial score (nSPS) is 16.3. The lowest BCUT2D eigenvalue weighted by molar-refractivity contribution is 0.0310. The minimum atomic E-state index is -1.09. The van der Waals surface area contributed by atoms with Crippen LogP contribution in [0.4, 0.5) is 0 Å². The summed E-state index contributed by atoms with van der Waals surface area (Å²) in [5.41, 5.74) is -0.861. The third-order valence-electron chi connectivity index (χ3n) is 2.71. The Hall–Kier alpha value is -1.37. The van der Waals surface area contributed by atoms with Crippen molar-refractivity contribution in [2.45, 2.75) is 25.5 Å². The smallest absolute Gasteiger partial charge is 0.371 e. The van der Waals surface area contributed by atoms with Gasteiger partial charge in [0.15, 0.2) is 0 Å². The van der Waals surface area contributed by atoms with Crippen molar-refractivity contribution in [3.63, 3.8) is 0 Å². The van der Waals surface area contributed by atoms with E-state index in [-0.39, 0.29) is 11.8 Å². The van der Waals surface area contributed by atoms with Crippen molar-refractivity contribution in [3.05, 3.63) is 23.7 Å². The van der Waals surface area contributed by atoms with Crippen LogP contribution < -0.4 is 5.32 Å². The Labute approximate surface area is 113 Å². The molecule has 0 spiro atoms. The Morgan fingerprint density at radius 2 is 2.16 bits per heavy atom. The average molecular weight is 270 g/mol. The van der Waals surface area contributed by atoms with Crippen LogP contribution in [-0.2, 0) is 0 Å². The van der Waals surface area contributed by atoms with Crippen molar-refractivity contribution in [1.82, 2.24) is 10.2 Å². The average Bonchev–Trinajstić information content (AvgIpc) is 2.73. The van der Waals surface area contributed by atoms with Crippen molar-refractivity contribution in [2.75, 3.05) is 27.2 Å². The van der Waals surface area contributed by atoms with E-state index in [4.69, 9.17) is 9.52 Å². The second-order valence-corrected chi connectivity index (χ2v) is 5.34. The van der Waals surface area contributed by atoms with Gasteiger partial charge in [-0.2, -0.15) is 0 Å². The summed E-state index contributed by atoms with van der Waals surface area (Å²) in [6.07, 6.45) is 0. The molecule has 6 nitrogen and oxygen atoms in total. The molecule has 0 saturated carbocycles. The van der Waals surface area contributed by atoms with Crippen molar-refractivity contribution in [3.8, 4) is 0 Å². The molecule has 0 radical (unpaired) electrons. The van der Waals surface area contributed by atoms with E-state index in [1.165, 1.54) is 6.07 Å². The van der Waals surface area contributed by atoms with E-state index in [1.54, 1.807) is 13.0 Å². The van der Waals surface area contributed by atoms with E-state index in [0.29, 0.717) is 18.8 Å². The molecule has 19 heavy (non-hydrogen) atoms. The van der Waals surface area contributed by atoms with Crippen LogP contribution in [0.1, 0.15) is 36.2 Å². The summed E-state index contributed by atoms with van der Waals surface area (Å²) in [6, 6.07) is 2.89. The monoisotopic (exact) mass is 270 g/mol. The highest BCUT2D eigenvalue weighted by Crippen LogP contribution is 2.17. The molecule has 0 amide bonds. The van der Waals surface area contributed by atoms with Crippen LogP contribution in [0.15, 0.2) is 16.5 Å². The van der Waals surface area contributed by atoms with Gasteiger partial charge >= 0.3 is 5.97 Å². The van der Waals surface area contributed by atoms with Gasteiger partial charge in [-0.15, -0.1) is 0 Å². The molecule has 1 rings (SSSR count). The number of hydrogen-bond acceptors (Lipinski definition) is 5. The van der Waals surface area contributed by atoms with Crippen LogP contribution in [0.5, 0.6) is 0 Å². The summed E-state index contributed by atoms with van der Waals surface area (Å²) in [6.45, 7) is 4.52. The summed E-state index contributed by atoms with van der Waals surface area (Å²) in [4.78, 5) is 12.6. The first-order valence-electron chi connectivity index (χ1n) is 6.15. The fourth-order valence-electron chi connectivity index (χ4n) is 1.91.